The van der Waals surface area contributed by atoms with Crippen LogP contribution in [0.1, 0.15) is 0 Å². The van der Waals surface area contributed by atoms with Gasteiger partial charge in [0, 0.05) is 21.7 Å². The molecule has 0 aliphatic rings. The number of benzene rings is 3. The van der Waals surface area contributed by atoms with Gasteiger partial charge in [0.25, 0.3) is 0 Å². The van der Waals surface area contributed by atoms with Crippen LogP contribution in [0.25, 0.3) is 21.4 Å². The Morgan fingerprint density at radius 1 is 0.923 bits per heavy atom. The molecule has 0 fully saturated rings. The highest BCUT2D eigenvalue weighted by atomic mass is 79.9. The summed E-state index contributed by atoms with van der Waals surface area (Å²) in [5.74, 6) is 0.929. The minimum atomic E-state index is -0.298. The van der Waals surface area contributed by atoms with Gasteiger partial charge in [0.15, 0.2) is 0 Å². The third kappa shape index (κ3) is 2.96. The maximum absolute atomic E-state index is 13.0. The van der Waals surface area contributed by atoms with Crippen LogP contribution in [-0.4, -0.2) is 4.57 Å². The Labute approximate surface area is 158 Å². The van der Waals surface area contributed by atoms with Crippen molar-refractivity contribution in [1.82, 2.24) is 4.57 Å². The Kier molecular flexibility index (Phi) is 4.19. The molecule has 0 bridgehead atoms. The molecule has 3 aromatic carbocycles. The number of fused-ring (bicyclic) bond motifs is 1. The van der Waals surface area contributed by atoms with Crippen LogP contribution in [0.5, 0.6) is 11.5 Å². The SMILES string of the molecule is [C-]#[N+]c1cccc2c(Br)cn(-c3ccc(Oc4ccc(F)cc4)cc3)c12. The van der Waals surface area contributed by atoms with E-state index in [9.17, 15) is 4.39 Å². The van der Waals surface area contributed by atoms with E-state index in [4.69, 9.17) is 11.3 Å². The van der Waals surface area contributed by atoms with Gasteiger partial charge in [0.2, 0.25) is 5.69 Å². The molecule has 0 spiro atoms. The van der Waals surface area contributed by atoms with Crippen LogP contribution in [0, 0.1) is 12.4 Å². The van der Waals surface area contributed by atoms with Gasteiger partial charge in [-0.25, -0.2) is 9.24 Å². The fraction of sp³-hybridized carbons (Fsp3) is 0. The second kappa shape index (κ2) is 6.66. The average molecular weight is 407 g/mol. The fourth-order valence-corrected chi connectivity index (χ4v) is 3.36. The Morgan fingerprint density at radius 3 is 2.23 bits per heavy atom. The van der Waals surface area contributed by atoms with E-state index < -0.39 is 0 Å². The van der Waals surface area contributed by atoms with Crippen molar-refractivity contribution in [3.8, 4) is 17.2 Å². The van der Waals surface area contributed by atoms with E-state index in [1.165, 1.54) is 12.1 Å². The molecule has 0 N–H and O–H groups in total. The molecule has 0 atom stereocenters. The van der Waals surface area contributed by atoms with E-state index in [0.717, 1.165) is 21.1 Å². The smallest absolute Gasteiger partial charge is 0.211 e. The minimum absolute atomic E-state index is 0.298. The van der Waals surface area contributed by atoms with Crippen molar-refractivity contribution < 1.29 is 9.13 Å². The summed E-state index contributed by atoms with van der Waals surface area (Å²) in [5.41, 5.74) is 2.38. The van der Waals surface area contributed by atoms with Gasteiger partial charge >= 0.3 is 0 Å². The molecule has 0 aliphatic heterocycles. The first-order valence-electron chi connectivity index (χ1n) is 7.86. The molecule has 0 saturated carbocycles. The lowest BCUT2D eigenvalue weighted by atomic mass is 10.2. The number of hydrogen-bond donors (Lipinski definition) is 0. The fourth-order valence-electron chi connectivity index (χ4n) is 2.83. The van der Waals surface area contributed by atoms with Gasteiger partial charge in [-0.15, -0.1) is 0 Å². The summed E-state index contributed by atoms with van der Waals surface area (Å²) in [5, 5.41) is 0.991. The lowest BCUT2D eigenvalue weighted by Crippen LogP contribution is -1.92. The molecule has 0 aliphatic carbocycles. The van der Waals surface area contributed by atoms with Crippen molar-refractivity contribution in [3.63, 3.8) is 0 Å². The van der Waals surface area contributed by atoms with Gasteiger partial charge in [-0.1, -0.05) is 18.2 Å². The van der Waals surface area contributed by atoms with Crippen molar-refractivity contribution in [2.45, 2.75) is 0 Å². The molecule has 26 heavy (non-hydrogen) atoms. The van der Waals surface area contributed by atoms with E-state index in [1.807, 2.05) is 53.2 Å². The molecule has 1 heterocycles. The molecule has 4 aromatic rings. The molecule has 126 valence electrons. The highest BCUT2D eigenvalue weighted by Crippen LogP contribution is 2.35. The lowest BCUT2D eigenvalue weighted by Gasteiger charge is -2.09. The molecule has 5 heteroatoms. The summed E-state index contributed by atoms with van der Waals surface area (Å²) in [6.45, 7) is 7.42. The Hall–Kier alpha value is -3.10. The molecule has 0 unspecified atom stereocenters. The summed E-state index contributed by atoms with van der Waals surface area (Å²) in [6, 6.07) is 19.1. The van der Waals surface area contributed by atoms with Crippen molar-refractivity contribution in [2.75, 3.05) is 0 Å². The maximum Gasteiger partial charge on any atom is 0.211 e. The predicted molar refractivity (Wildman–Crippen MR) is 104 cm³/mol. The van der Waals surface area contributed by atoms with Crippen molar-refractivity contribution in [1.29, 1.82) is 0 Å². The Morgan fingerprint density at radius 2 is 1.58 bits per heavy atom. The van der Waals surface area contributed by atoms with Gasteiger partial charge < -0.3 is 9.30 Å². The van der Waals surface area contributed by atoms with Crippen LogP contribution in [0.15, 0.2) is 77.4 Å². The van der Waals surface area contributed by atoms with Gasteiger partial charge in [-0.3, -0.25) is 0 Å². The molecule has 4 rings (SSSR count). The van der Waals surface area contributed by atoms with Gasteiger partial charge in [-0.2, -0.15) is 0 Å². The molecule has 0 saturated heterocycles. The normalized spacial score (nSPS) is 10.7. The van der Waals surface area contributed by atoms with E-state index in [0.29, 0.717) is 17.2 Å². The number of ether oxygens (including phenoxy) is 1. The zero-order valence-corrected chi connectivity index (χ0v) is 15.1. The second-order valence-corrected chi connectivity index (χ2v) is 6.54. The maximum atomic E-state index is 13.0. The summed E-state index contributed by atoms with van der Waals surface area (Å²) in [4.78, 5) is 3.63. The minimum Gasteiger partial charge on any atom is -0.457 e. The molecule has 0 amide bonds. The topological polar surface area (TPSA) is 18.5 Å². The first-order chi connectivity index (χ1) is 12.7. The molecule has 3 nitrogen and oxygen atoms in total. The van der Waals surface area contributed by atoms with Crippen LogP contribution < -0.4 is 4.74 Å². The highest BCUT2D eigenvalue weighted by Gasteiger charge is 2.12. The van der Waals surface area contributed by atoms with Crippen LogP contribution >= 0.6 is 15.9 Å². The van der Waals surface area contributed by atoms with E-state index >= 15 is 0 Å². The monoisotopic (exact) mass is 406 g/mol. The molecule has 1 aromatic heterocycles. The van der Waals surface area contributed by atoms with Crippen LogP contribution in [-0.2, 0) is 0 Å². The average Bonchev–Trinajstić information content (AvgIpc) is 3.01. The molecular formula is C21H12BrFN2O. The first kappa shape index (κ1) is 16.4. The van der Waals surface area contributed by atoms with E-state index in [-0.39, 0.29) is 5.82 Å². The number of aromatic nitrogens is 1. The van der Waals surface area contributed by atoms with Crippen LogP contribution in [0.3, 0.4) is 0 Å². The predicted octanol–water partition coefficient (Wildman–Crippen LogP) is 6.88. The number of para-hydroxylation sites is 1. The highest BCUT2D eigenvalue weighted by molar-refractivity contribution is 9.10. The van der Waals surface area contributed by atoms with Crippen LogP contribution in [0.4, 0.5) is 10.1 Å². The quantitative estimate of drug-likeness (QED) is 0.339. The van der Waals surface area contributed by atoms with Crippen molar-refractivity contribution >= 4 is 32.5 Å². The van der Waals surface area contributed by atoms with E-state index in [1.54, 1.807) is 12.1 Å². The van der Waals surface area contributed by atoms with Gasteiger partial charge in [-0.05, 0) is 64.5 Å². The standard InChI is InChI=1S/C21H12BrFN2O/c1-24-20-4-2-3-18-19(22)13-25(21(18)20)15-7-11-17(12-8-15)26-16-9-5-14(23)6-10-16/h2-13H. The lowest BCUT2D eigenvalue weighted by molar-refractivity contribution is 0.480. The number of halogens is 2. The van der Waals surface area contributed by atoms with E-state index in [2.05, 4.69) is 20.8 Å². The Bertz CT molecular complexity index is 1130. The van der Waals surface area contributed by atoms with Gasteiger partial charge in [0.05, 0.1) is 12.1 Å². The number of hydrogen-bond acceptors (Lipinski definition) is 1. The third-order valence-corrected chi connectivity index (χ3v) is 4.67. The zero-order chi connectivity index (χ0) is 18.1. The second-order valence-electron chi connectivity index (χ2n) is 5.68. The molecular weight excluding hydrogens is 395 g/mol. The summed E-state index contributed by atoms with van der Waals surface area (Å²) < 4.78 is 21.6. The summed E-state index contributed by atoms with van der Waals surface area (Å²) in [7, 11) is 0. The molecule has 0 radical (unpaired) electrons. The Balaban J connectivity index is 1.70. The third-order valence-electron chi connectivity index (χ3n) is 4.04. The largest absolute Gasteiger partial charge is 0.457 e. The first-order valence-corrected chi connectivity index (χ1v) is 8.66. The number of rotatable bonds is 3. The van der Waals surface area contributed by atoms with Crippen LogP contribution in [0.2, 0.25) is 0 Å². The summed E-state index contributed by atoms with van der Waals surface area (Å²) >= 11 is 3.56. The number of nitrogens with zero attached hydrogens (tertiary/aromatic N) is 2. The van der Waals surface area contributed by atoms with Crippen molar-refractivity contribution in [3.05, 3.63) is 94.6 Å². The summed E-state index contributed by atoms with van der Waals surface area (Å²) in [6.07, 6.45) is 1.95. The van der Waals surface area contributed by atoms with Gasteiger partial charge in [0.1, 0.15) is 17.3 Å². The zero-order valence-electron chi connectivity index (χ0n) is 13.5. The van der Waals surface area contributed by atoms with Crippen molar-refractivity contribution in [2.24, 2.45) is 0 Å².